The summed E-state index contributed by atoms with van der Waals surface area (Å²) in [5.74, 6) is 0.669. The minimum absolute atomic E-state index is 0.0858. The Morgan fingerprint density at radius 2 is 1.72 bits per heavy atom. The van der Waals surface area contributed by atoms with Crippen molar-refractivity contribution >= 4 is 17.7 Å². The van der Waals surface area contributed by atoms with Crippen LogP contribution in [-0.4, -0.2) is 53.7 Å². The molecular weight excluding hydrogens is 404 g/mol. The van der Waals surface area contributed by atoms with Crippen LogP contribution in [0, 0.1) is 11.8 Å². The number of hydrogen-bond donors (Lipinski definition) is 1. The number of hydrogen-bond acceptors (Lipinski definition) is 5. The van der Waals surface area contributed by atoms with Crippen molar-refractivity contribution in [2.75, 3.05) is 31.1 Å². The van der Waals surface area contributed by atoms with Gasteiger partial charge >= 0.3 is 6.09 Å². The van der Waals surface area contributed by atoms with E-state index in [0.717, 1.165) is 24.3 Å². The van der Waals surface area contributed by atoms with Gasteiger partial charge in [-0.25, -0.2) is 4.79 Å². The van der Waals surface area contributed by atoms with E-state index in [1.54, 1.807) is 6.20 Å². The Kier molecular flexibility index (Phi) is 6.09. The first kappa shape index (κ1) is 22.1. The Bertz CT molecular complexity index is 959. The summed E-state index contributed by atoms with van der Waals surface area (Å²) in [5.41, 5.74) is 2.08. The summed E-state index contributed by atoms with van der Waals surface area (Å²) in [4.78, 5) is 33.6. The van der Waals surface area contributed by atoms with Gasteiger partial charge in [-0.2, -0.15) is 0 Å². The highest BCUT2D eigenvalue weighted by Gasteiger charge is 2.42. The molecule has 2 amide bonds. The van der Waals surface area contributed by atoms with E-state index >= 15 is 0 Å². The maximum absolute atomic E-state index is 12.8. The summed E-state index contributed by atoms with van der Waals surface area (Å²) < 4.78 is 5.52. The highest BCUT2D eigenvalue weighted by molar-refractivity contribution is 5.95. The number of rotatable bonds is 4. The summed E-state index contributed by atoms with van der Waals surface area (Å²) in [6.07, 6.45) is 3.19. The lowest BCUT2D eigenvalue weighted by Gasteiger charge is -2.26. The minimum atomic E-state index is -0.481. The first-order chi connectivity index (χ1) is 15.2. The third kappa shape index (κ3) is 5.03. The maximum atomic E-state index is 12.8. The van der Waals surface area contributed by atoms with Crippen LogP contribution in [-0.2, 0) is 4.74 Å². The van der Waals surface area contributed by atoms with Crippen molar-refractivity contribution in [3.8, 4) is 0 Å². The number of benzene rings is 1. The molecule has 3 heterocycles. The number of likely N-dealkylation sites (tertiary alicyclic amines) is 1. The van der Waals surface area contributed by atoms with Crippen LogP contribution < -0.4 is 10.2 Å². The number of carbonyl (C=O) groups is 2. The largest absolute Gasteiger partial charge is 0.444 e. The van der Waals surface area contributed by atoms with Crippen LogP contribution in [0.4, 0.5) is 10.5 Å². The Labute approximate surface area is 189 Å². The Morgan fingerprint density at radius 1 is 1.06 bits per heavy atom. The van der Waals surface area contributed by atoms with Crippen molar-refractivity contribution in [3.63, 3.8) is 0 Å². The van der Waals surface area contributed by atoms with E-state index in [0.29, 0.717) is 30.5 Å². The SMILES string of the molecule is C[C@@H](NC(=O)c1cncc(N2C[C@H]3CN(C(=O)OC(C)(C)C)C[C@H]3C2)c1)c1ccccc1. The molecule has 7 nitrogen and oxygen atoms in total. The first-order valence-electron chi connectivity index (χ1n) is 11.2. The Hall–Kier alpha value is -3.09. The van der Waals surface area contributed by atoms with Crippen molar-refractivity contribution in [3.05, 3.63) is 59.9 Å². The molecule has 2 saturated heterocycles. The van der Waals surface area contributed by atoms with E-state index in [2.05, 4.69) is 15.2 Å². The summed E-state index contributed by atoms with van der Waals surface area (Å²) in [7, 11) is 0. The third-order valence-corrected chi connectivity index (χ3v) is 6.14. The number of fused-ring (bicyclic) bond motifs is 1. The smallest absolute Gasteiger partial charge is 0.410 e. The summed E-state index contributed by atoms with van der Waals surface area (Å²) in [5, 5.41) is 3.05. The molecule has 0 unspecified atom stereocenters. The second-order valence-electron chi connectivity index (χ2n) is 9.85. The molecule has 4 rings (SSSR count). The molecule has 1 N–H and O–H groups in total. The molecule has 7 heteroatoms. The molecule has 0 radical (unpaired) electrons. The van der Waals surface area contributed by atoms with Gasteiger partial charge < -0.3 is 19.9 Å². The van der Waals surface area contributed by atoms with Crippen LogP contribution in [0.3, 0.4) is 0 Å². The predicted octanol–water partition coefficient (Wildman–Crippen LogP) is 3.88. The maximum Gasteiger partial charge on any atom is 0.410 e. The summed E-state index contributed by atoms with van der Waals surface area (Å²) in [6, 6.07) is 11.7. The van der Waals surface area contributed by atoms with Gasteiger partial charge in [0.2, 0.25) is 0 Å². The van der Waals surface area contributed by atoms with Crippen LogP contribution >= 0.6 is 0 Å². The molecule has 1 aromatic heterocycles. The van der Waals surface area contributed by atoms with E-state index in [4.69, 9.17) is 4.74 Å². The van der Waals surface area contributed by atoms with Gasteiger partial charge in [0, 0.05) is 44.2 Å². The highest BCUT2D eigenvalue weighted by atomic mass is 16.6. The quantitative estimate of drug-likeness (QED) is 0.787. The number of nitrogens with zero attached hydrogens (tertiary/aromatic N) is 3. The fraction of sp³-hybridized carbons (Fsp3) is 0.480. The number of amides is 2. The normalized spacial score (nSPS) is 21.2. The predicted molar refractivity (Wildman–Crippen MR) is 124 cm³/mol. The topological polar surface area (TPSA) is 74.8 Å². The molecule has 0 spiro atoms. The monoisotopic (exact) mass is 436 g/mol. The van der Waals surface area contributed by atoms with Crippen LogP contribution in [0.1, 0.15) is 49.7 Å². The molecule has 0 saturated carbocycles. The highest BCUT2D eigenvalue weighted by Crippen LogP contribution is 2.34. The van der Waals surface area contributed by atoms with Gasteiger partial charge in [-0.05, 0) is 39.3 Å². The number of aromatic nitrogens is 1. The van der Waals surface area contributed by atoms with Crippen LogP contribution in [0.15, 0.2) is 48.8 Å². The zero-order valence-electron chi connectivity index (χ0n) is 19.2. The van der Waals surface area contributed by atoms with E-state index in [1.807, 2.05) is 75.2 Å². The number of pyridine rings is 1. The molecule has 3 atom stereocenters. The van der Waals surface area contributed by atoms with Crippen LogP contribution in [0.5, 0.6) is 0 Å². The average molecular weight is 437 g/mol. The number of anilines is 1. The van der Waals surface area contributed by atoms with Crippen molar-refractivity contribution in [2.45, 2.75) is 39.3 Å². The molecule has 2 aliphatic rings. The van der Waals surface area contributed by atoms with E-state index < -0.39 is 5.60 Å². The van der Waals surface area contributed by atoms with Crippen molar-refractivity contribution in [1.29, 1.82) is 0 Å². The Morgan fingerprint density at radius 3 is 2.34 bits per heavy atom. The minimum Gasteiger partial charge on any atom is -0.444 e. The molecule has 2 aromatic rings. The molecule has 2 fully saturated rings. The van der Waals surface area contributed by atoms with Crippen LogP contribution in [0.2, 0.25) is 0 Å². The van der Waals surface area contributed by atoms with Gasteiger partial charge in [-0.3, -0.25) is 9.78 Å². The Balaban J connectivity index is 1.36. The summed E-state index contributed by atoms with van der Waals surface area (Å²) >= 11 is 0. The lowest BCUT2D eigenvalue weighted by molar-refractivity contribution is 0.0282. The van der Waals surface area contributed by atoms with Crippen molar-refractivity contribution in [2.24, 2.45) is 11.8 Å². The second kappa shape index (κ2) is 8.81. The van der Waals surface area contributed by atoms with E-state index in [1.165, 1.54) is 0 Å². The van der Waals surface area contributed by atoms with Crippen LogP contribution in [0.25, 0.3) is 0 Å². The molecule has 2 aliphatic heterocycles. The second-order valence-corrected chi connectivity index (χ2v) is 9.85. The van der Waals surface area contributed by atoms with Crippen molar-refractivity contribution in [1.82, 2.24) is 15.2 Å². The number of carbonyl (C=O) groups excluding carboxylic acids is 2. The van der Waals surface area contributed by atoms with E-state index in [-0.39, 0.29) is 18.0 Å². The molecule has 0 bridgehead atoms. The molecular formula is C25H32N4O3. The van der Waals surface area contributed by atoms with Gasteiger partial charge in [-0.1, -0.05) is 30.3 Å². The molecule has 32 heavy (non-hydrogen) atoms. The fourth-order valence-electron chi connectivity index (χ4n) is 4.51. The standard InChI is InChI=1S/C25H32N4O3/c1-17(18-8-6-5-7-9-18)27-23(30)19-10-22(12-26-11-19)28-13-20-15-29(16-21(20)14-28)24(31)32-25(2,3)4/h5-12,17,20-21H,13-16H2,1-4H3,(H,27,30)/t17-,20-,21+/m1/s1. The molecule has 0 aliphatic carbocycles. The average Bonchev–Trinajstić information content (AvgIpc) is 3.33. The van der Waals surface area contributed by atoms with Gasteiger partial charge in [0.15, 0.2) is 0 Å². The van der Waals surface area contributed by atoms with Crippen molar-refractivity contribution < 1.29 is 14.3 Å². The molecule has 170 valence electrons. The van der Waals surface area contributed by atoms with Gasteiger partial charge in [0.25, 0.3) is 5.91 Å². The lowest BCUT2D eigenvalue weighted by atomic mass is 10.0. The fourth-order valence-corrected chi connectivity index (χ4v) is 4.51. The van der Waals surface area contributed by atoms with Gasteiger partial charge in [0.1, 0.15) is 5.60 Å². The first-order valence-corrected chi connectivity index (χ1v) is 11.2. The number of nitrogens with one attached hydrogen (secondary N) is 1. The van der Waals surface area contributed by atoms with Gasteiger partial charge in [-0.15, -0.1) is 0 Å². The summed E-state index contributed by atoms with van der Waals surface area (Å²) in [6.45, 7) is 10.7. The van der Waals surface area contributed by atoms with E-state index in [9.17, 15) is 9.59 Å². The number of ether oxygens (including phenoxy) is 1. The third-order valence-electron chi connectivity index (χ3n) is 6.14. The van der Waals surface area contributed by atoms with Gasteiger partial charge in [0.05, 0.1) is 23.5 Å². The lowest BCUT2D eigenvalue weighted by Crippen LogP contribution is -2.37. The zero-order chi connectivity index (χ0) is 22.9. The zero-order valence-corrected chi connectivity index (χ0v) is 19.2. The molecule has 1 aromatic carbocycles.